The summed E-state index contributed by atoms with van der Waals surface area (Å²) < 4.78 is 12.3. The van der Waals surface area contributed by atoms with Gasteiger partial charge >= 0.3 is 0 Å². The molecule has 1 aromatic carbocycles. The fourth-order valence-electron chi connectivity index (χ4n) is 1.30. The molecule has 12 heavy (non-hydrogen) atoms. The Morgan fingerprint density at radius 3 is 2.08 bits per heavy atom. The largest absolute Gasteiger partial charge is 0.250 e. The highest BCUT2D eigenvalue weighted by atomic mass is 19.1. The van der Waals surface area contributed by atoms with Crippen molar-refractivity contribution in [2.45, 2.75) is 20.8 Å². The van der Waals surface area contributed by atoms with E-state index in [1.807, 2.05) is 32.9 Å². The molecule has 0 saturated heterocycles. The maximum absolute atomic E-state index is 12.3. The minimum absolute atomic E-state index is 0.358. The molecular formula is C11H14F. The summed E-state index contributed by atoms with van der Waals surface area (Å²) >= 11 is 0. The number of aryl methyl sites for hydroxylation is 2. The van der Waals surface area contributed by atoms with E-state index >= 15 is 0 Å². The zero-order valence-corrected chi connectivity index (χ0v) is 7.82. The number of hydrogen-bond donors (Lipinski definition) is 0. The molecule has 65 valence electrons. The minimum atomic E-state index is -0.358. The first-order valence-electron chi connectivity index (χ1n) is 4.10. The van der Waals surface area contributed by atoms with Gasteiger partial charge in [-0.2, -0.15) is 0 Å². The molecule has 1 heteroatoms. The van der Waals surface area contributed by atoms with Crippen LogP contribution in [0.25, 0.3) is 0 Å². The Kier molecular flexibility index (Phi) is 2.85. The minimum Gasteiger partial charge on any atom is -0.250 e. The Bertz CT molecular complexity index is 245. The van der Waals surface area contributed by atoms with Crippen molar-refractivity contribution in [1.29, 1.82) is 0 Å². The van der Waals surface area contributed by atoms with Crippen LogP contribution in [0.2, 0.25) is 0 Å². The monoisotopic (exact) mass is 165 g/mol. The van der Waals surface area contributed by atoms with Crippen molar-refractivity contribution in [2.24, 2.45) is 0 Å². The summed E-state index contributed by atoms with van der Waals surface area (Å²) in [4.78, 5) is 0. The topological polar surface area (TPSA) is 0 Å². The molecule has 0 heterocycles. The van der Waals surface area contributed by atoms with E-state index in [1.54, 1.807) is 0 Å². The van der Waals surface area contributed by atoms with Gasteiger partial charge in [0.2, 0.25) is 0 Å². The van der Waals surface area contributed by atoms with Crippen molar-refractivity contribution in [1.82, 2.24) is 0 Å². The third-order valence-corrected chi connectivity index (χ3v) is 1.91. The van der Waals surface area contributed by atoms with Crippen molar-refractivity contribution in [3.8, 4) is 0 Å². The summed E-state index contributed by atoms with van der Waals surface area (Å²) in [5.41, 5.74) is 3.41. The van der Waals surface area contributed by atoms with Crippen molar-refractivity contribution in [3.63, 3.8) is 0 Å². The van der Waals surface area contributed by atoms with E-state index in [0.29, 0.717) is 0 Å². The van der Waals surface area contributed by atoms with Crippen molar-refractivity contribution in [3.05, 3.63) is 40.8 Å². The van der Waals surface area contributed by atoms with E-state index in [1.165, 1.54) is 11.1 Å². The molecule has 0 aromatic heterocycles. The van der Waals surface area contributed by atoms with Crippen LogP contribution < -0.4 is 0 Å². The van der Waals surface area contributed by atoms with Gasteiger partial charge in [0.15, 0.2) is 0 Å². The lowest BCUT2D eigenvalue weighted by Gasteiger charge is -2.08. The number of hydrogen-bond acceptors (Lipinski definition) is 0. The Morgan fingerprint density at radius 1 is 1.17 bits per heavy atom. The summed E-state index contributed by atoms with van der Waals surface area (Å²) in [5, 5.41) is 0. The molecule has 0 N–H and O–H groups in total. The van der Waals surface area contributed by atoms with Gasteiger partial charge in [0, 0.05) is 5.92 Å². The average molecular weight is 165 g/mol. The van der Waals surface area contributed by atoms with Crippen LogP contribution >= 0.6 is 0 Å². The third-order valence-electron chi connectivity index (χ3n) is 1.91. The van der Waals surface area contributed by atoms with Gasteiger partial charge in [-0.3, -0.25) is 4.39 Å². The molecule has 0 aliphatic carbocycles. The zero-order valence-electron chi connectivity index (χ0n) is 7.82. The van der Waals surface area contributed by atoms with Crippen LogP contribution in [0, 0.1) is 19.8 Å². The maximum atomic E-state index is 12.3. The number of rotatable bonds is 2. The molecule has 1 radical (unpaired) electrons. The highest BCUT2D eigenvalue weighted by Crippen LogP contribution is 2.17. The smallest absolute Gasteiger partial charge is 0.0997 e. The van der Waals surface area contributed by atoms with Crippen molar-refractivity contribution >= 4 is 0 Å². The summed E-state index contributed by atoms with van der Waals surface area (Å²) in [6.07, 6.45) is 0. The first kappa shape index (κ1) is 9.24. The third kappa shape index (κ3) is 2.07. The molecule has 0 amide bonds. The van der Waals surface area contributed by atoms with E-state index in [-0.39, 0.29) is 6.67 Å². The van der Waals surface area contributed by atoms with Crippen LogP contribution in [0.3, 0.4) is 0 Å². The van der Waals surface area contributed by atoms with Crippen LogP contribution in [0.1, 0.15) is 23.6 Å². The van der Waals surface area contributed by atoms with Gasteiger partial charge in [-0.15, -0.1) is 0 Å². The Balaban J connectivity index is 3.00. The van der Waals surface area contributed by atoms with Crippen molar-refractivity contribution < 1.29 is 4.39 Å². The van der Waals surface area contributed by atoms with Crippen molar-refractivity contribution in [2.75, 3.05) is 6.67 Å². The van der Waals surface area contributed by atoms with Crippen LogP contribution in [-0.2, 0) is 0 Å². The molecule has 0 saturated carbocycles. The quantitative estimate of drug-likeness (QED) is 0.631. The molecule has 0 aliphatic heterocycles. The molecule has 1 rings (SSSR count). The van der Waals surface area contributed by atoms with E-state index in [4.69, 9.17) is 0 Å². The van der Waals surface area contributed by atoms with Gasteiger partial charge in [-0.05, 0) is 19.4 Å². The molecule has 0 nitrogen and oxygen atoms in total. The second-order valence-electron chi connectivity index (χ2n) is 3.29. The van der Waals surface area contributed by atoms with E-state index in [0.717, 1.165) is 11.5 Å². The van der Waals surface area contributed by atoms with Crippen LogP contribution in [-0.4, -0.2) is 6.67 Å². The molecule has 1 aromatic rings. The molecule has 0 bridgehead atoms. The van der Waals surface area contributed by atoms with Crippen LogP contribution in [0.15, 0.2) is 18.2 Å². The Hall–Kier alpha value is -0.850. The normalized spacial score (nSPS) is 10.8. The Labute approximate surface area is 73.4 Å². The van der Waals surface area contributed by atoms with Gasteiger partial charge < -0.3 is 0 Å². The molecule has 0 aliphatic rings. The number of halogens is 1. The van der Waals surface area contributed by atoms with Gasteiger partial charge in [-0.25, -0.2) is 0 Å². The second kappa shape index (κ2) is 3.70. The summed E-state index contributed by atoms with van der Waals surface area (Å²) in [6, 6.07) is 6.12. The predicted octanol–water partition coefficient (Wildman–Crippen LogP) is 3.22. The number of benzene rings is 1. The summed E-state index contributed by atoms with van der Waals surface area (Å²) in [6.45, 7) is 5.53. The molecular weight excluding hydrogens is 151 g/mol. The molecule has 0 unspecified atom stereocenters. The zero-order chi connectivity index (χ0) is 9.14. The molecule has 0 spiro atoms. The van der Waals surface area contributed by atoms with Gasteiger partial charge in [-0.1, -0.05) is 36.2 Å². The highest BCUT2D eigenvalue weighted by Gasteiger charge is 2.05. The highest BCUT2D eigenvalue weighted by molar-refractivity contribution is 5.36. The number of alkyl halides is 1. The lowest BCUT2D eigenvalue weighted by atomic mass is 9.98. The SMILES string of the molecule is C[C](CF)c1cc(C)cc(C)c1. The average Bonchev–Trinajstić information content (AvgIpc) is 2.01. The predicted molar refractivity (Wildman–Crippen MR) is 49.9 cm³/mol. The lowest BCUT2D eigenvalue weighted by Crippen LogP contribution is -1.97. The first-order chi connectivity index (χ1) is 5.63. The lowest BCUT2D eigenvalue weighted by molar-refractivity contribution is 0.516. The summed E-state index contributed by atoms with van der Waals surface area (Å²) in [5.74, 6) is 0.807. The van der Waals surface area contributed by atoms with Gasteiger partial charge in [0.05, 0.1) is 6.67 Å². The van der Waals surface area contributed by atoms with Crippen LogP contribution in [0.5, 0.6) is 0 Å². The van der Waals surface area contributed by atoms with Gasteiger partial charge in [0.1, 0.15) is 0 Å². The fourth-order valence-corrected chi connectivity index (χ4v) is 1.30. The van der Waals surface area contributed by atoms with E-state index < -0.39 is 0 Å². The summed E-state index contributed by atoms with van der Waals surface area (Å²) in [7, 11) is 0. The van der Waals surface area contributed by atoms with E-state index in [9.17, 15) is 4.39 Å². The Morgan fingerprint density at radius 2 is 1.67 bits per heavy atom. The fraction of sp³-hybridized carbons (Fsp3) is 0.364. The second-order valence-corrected chi connectivity index (χ2v) is 3.29. The molecule has 0 atom stereocenters. The van der Waals surface area contributed by atoms with E-state index in [2.05, 4.69) is 6.07 Å². The van der Waals surface area contributed by atoms with Crippen LogP contribution in [0.4, 0.5) is 4.39 Å². The molecule has 0 fully saturated rings. The maximum Gasteiger partial charge on any atom is 0.0997 e. The van der Waals surface area contributed by atoms with Gasteiger partial charge in [0.25, 0.3) is 0 Å². The first-order valence-corrected chi connectivity index (χ1v) is 4.10. The standard InChI is InChI=1S/C11H14F/c1-8-4-9(2)6-11(5-8)10(3)7-12/h4-6H,7H2,1-3H3.